The van der Waals surface area contributed by atoms with Crippen LogP contribution in [0.25, 0.3) is 0 Å². The van der Waals surface area contributed by atoms with Gasteiger partial charge in [0, 0.05) is 11.4 Å². The summed E-state index contributed by atoms with van der Waals surface area (Å²) >= 11 is 5.38. The van der Waals surface area contributed by atoms with Gasteiger partial charge in [0.05, 0.1) is 5.25 Å². The highest BCUT2D eigenvalue weighted by Gasteiger charge is 2.21. The number of rotatable bonds is 5. The van der Waals surface area contributed by atoms with Crippen molar-refractivity contribution < 1.29 is 4.79 Å². The Labute approximate surface area is 105 Å². The molecule has 0 radical (unpaired) electrons. The fourth-order valence-electron chi connectivity index (χ4n) is 1.62. The first-order valence-electron chi connectivity index (χ1n) is 5.77. The topological polar surface area (TPSA) is 29.1 Å². The highest BCUT2D eigenvalue weighted by molar-refractivity contribution is 9.09. The van der Waals surface area contributed by atoms with E-state index in [9.17, 15) is 4.79 Å². The van der Waals surface area contributed by atoms with Crippen molar-refractivity contribution in [3.63, 3.8) is 0 Å². The zero-order chi connectivity index (χ0) is 11.1. The lowest BCUT2D eigenvalue weighted by Gasteiger charge is -2.20. The number of carbonyl (C=O) groups is 1. The molecule has 15 heavy (non-hydrogen) atoms. The van der Waals surface area contributed by atoms with Crippen molar-refractivity contribution in [1.29, 1.82) is 0 Å². The van der Waals surface area contributed by atoms with Crippen LogP contribution in [0, 0.1) is 0 Å². The van der Waals surface area contributed by atoms with E-state index in [1.54, 1.807) is 0 Å². The summed E-state index contributed by atoms with van der Waals surface area (Å²) in [6.07, 6.45) is 5.69. The molecule has 1 saturated heterocycles. The Morgan fingerprint density at radius 1 is 1.60 bits per heavy atom. The molecule has 0 aromatic carbocycles. The number of alkyl halides is 1. The minimum Gasteiger partial charge on any atom is -0.355 e. The molecule has 0 aromatic heterocycles. The minimum atomic E-state index is 0.217. The lowest BCUT2D eigenvalue weighted by atomic mass is 10.2. The fourth-order valence-corrected chi connectivity index (χ4v) is 3.07. The number of nitrogens with one attached hydrogen (secondary N) is 1. The van der Waals surface area contributed by atoms with Crippen LogP contribution >= 0.6 is 27.7 Å². The largest absolute Gasteiger partial charge is 0.355 e. The maximum absolute atomic E-state index is 11.7. The summed E-state index contributed by atoms with van der Waals surface area (Å²) in [5, 5.41) is 3.24. The van der Waals surface area contributed by atoms with Crippen molar-refractivity contribution in [2.75, 3.05) is 12.3 Å². The average Bonchev–Trinajstić information content (AvgIpc) is 2.29. The second-order valence-corrected chi connectivity index (χ2v) is 6.55. The Bertz CT molecular complexity index is 195. The smallest absolute Gasteiger partial charge is 0.233 e. The number of hydrogen-bond donors (Lipinski definition) is 1. The first-order valence-corrected chi connectivity index (χ1v) is 7.74. The van der Waals surface area contributed by atoms with Crippen molar-refractivity contribution in [2.45, 2.75) is 49.1 Å². The molecule has 1 rings (SSSR count). The Morgan fingerprint density at radius 3 is 3.00 bits per heavy atom. The Kier molecular flexibility index (Phi) is 6.73. The van der Waals surface area contributed by atoms with E-state index < -0.39 is 0 Å². The molecule has 0 aliphatic carbocycles. The van der Waals surface area contributed by atoms with Gasteiger partial charge in [-0.05, 0) is 31.4 Å². The summed E-state index contributed by atoms with van der Waals surface area (Å²) in [4.78, 5) is 12.3. The standard InChI is InChI=1S/C11H20BrNOS/c1-2-9(12)6-7-13-11(14)10-5-3-4-8-15-10/h9-10H,2-8H2,1H3,(H,13,14). The molecule has 4 heteroatoms. The molecule has 2 unspecified atom stereocenters. The Hall–Kier alpha value is 0.300. The number of amides is 1. The van der Waals surface area contributed by atoms with Crippen molar-refractivity contribution in [3.8, 4) is 0 Å². The summed E-state index contributed by atoms with van der Waals surface area (Å²) in [6.45, 7) is 2.96. The van der Waals surface area contributed by atoms with Gasteiger partial charge in [-0.25, -0.2) is 0 Å². The fraction of sp³-hybridized carbons (Fsp3) is 0.909. The van der Waals surface area contributed by atoms with Crippen LogP contribution in [0.3, 0.4) is 0 Å². The van der Waals surface area contributed by atoms with Gasteiger partial charge in [0.2, 0.25) is 5.91 Å². The van der Waals surface area contributed by atoms with Gasteiger partial charge < -0.3 is 5.32 Å². The molecule has 1 N–H and O–H groups in total. The molecule has 88 valence electrons. The van der Waals surface area contributed by atoms with Gasteiger partial charge >= 0.3 is 0 Å². The predicted octanol–water partition coefficient (Wildman–Crippen LogP) is 2.95. The molecule has 0 bridgehead atoms. The van der Waals surface area contributed by atoms with Crippen LogP contribution in [0.1, 0.15) is 39.0 Å². The molecule has 2 nitrogen and oxygen atoms in total. The molecule has 1 heterocycles. The van der Waals surface area contributed by atoms with Crippen molar-refractivity contribution >= 4 is 33.6 Å². The van der Waals surface area contributed by atoms with E-state index in [4.69, 9.17) is 0 Å². The third-order valence-electron chi connectivity index (χ3n) is 2.67. The van der Waals surface area contributed by atoms with Crippen molar-refractivity contribution in [3.05, 3.63) is 0 Å². The summed E-state index contributed by atoms with van der Waals surface area (Å²) in [7, 11) is 0. The van der Waals surface area contributed by atoms with Crippen LogP contribution in [0.4, 0.5) is 0 Å². The molecule has 0 saturated carbocycles. The third kappa shape index (κ3) is 5.25. The van der Waals surface area contributed by atoms with Gasteiger partial charge in [-0.1, -0.05) is 29.3 Å². The second kappa shape index (κ2) is 7.55. The maximum atomic E-state index is 11.7. The summed E-state index contributed by atoms with van der Waals surface area (Å²) in [5.41, 5.74) is 0. The molecule has 2 atom stereocenters. The molecule has 1 fully saturated rings. The van der Waals surface area contributed by atoms with Gasteiger partial charge in [-0.3, -0.25) is 4.79 Å². The van der Waals surface area contributed by atoms with Gasteiger partial charge in [-0.15, -0.1) is 11.8 Å². The molecular formula is C11H20BrNOS. The summed E-state index contributed by atoms with van der Waals surface area (Å²) in [6, 6.07) is 0. The number of carbonyl (C=O) groups excluding carboxylic acids is 1. The van der Waals surface area contributed by atoms with E-state index in [1.807, 2.05) is 11.8 Å². The van der Waals surface area contributed by atoms with Crippen LogP contribution in [0.2, 0.25) is 0 Å². The molecule has 1 aliphatic heterocycles. The molecule has 1 amide bonds. The zero-order valence-corrected chi connectivity index (χ0v) is 11.7. The SMILES string of the molecule is CCC(Br)CCNC(=O)C1CCCCS1. The van der Waals surface area contributed by atoms with E-state index >= 15 is 0 Å². The van der Waals surface area contributed by atoms with E-state index in [0.29, 0.717) is 4.83 Å². The van der Waals surface area contributed by atoms with Crippen LogP contribution in [0.15, 0.2) is 0 Å². The number of thioether (sulfide) groups is 1. The van der Waals surface area contributed by atoms with Crippen LogP contribution in [0.5, 0.6) is 0 Å². The maximum Gasteiger partial charge on any atom is 0.233 e. The average molecular weight is 294 g/mol. The van der Waals surface area contributed by atoms with Crippen LogP contribution in [-0.4, -0.2) is 28.3 Å². The molecule has 0 aromatic rings. The predicted molar refractivity (Wildman–Crippen MR) is 70.7 cm³/mol. The lowest BCUT2D eigenvalue weighted by Crippen LogP contribution is -2.35. The van der Waals surface area contributed by atoms with Gasteiger partial charge in [0.1, 0.15) is 0 Å². The minimum absolute atomic E-state index is 0.217. The lowest BCUT2D eigenvalue weighted by molar-refractivity contribution is -0.120. The van der Waals surface area contributed by atoms with Gasteiger partial charge in [0.15, 0.2) is 0 Å². The Morgan fingerprint density at radius 2 is 2.40 bits per heavy atom. The normalized spacial score (nSPS) is 23.5. The van der Waals surface area contributed by atoms with E-state index in [1.165, 1.54) is 12.8 Å². The van der Waals surface area contributed by atoms with Crippen LogP contribution in [-0.2, 0) is 4.79 Å². The molecular weight excluding hydrogens is 274 g/mol. The number of halogens is 1. The van der Waals surface area contributed by atoms with Gasteiger partial charge in [-0.2, -0.15) is 0 Å². The van der Waals surface area contributed by atoms with E-state index in [2.05, 4.69) is 28.2 Å². The third-order valence-corrected chi connectivity index (χ3v) is 5.15. The van der Waals surface area contributed by atoms with E-state index in [0.717, 1.165) is 31.6 Å². The highest BCUT2D eigenvalue weighted by atomic mass is 79.9. The van der Waals surface area contributed by atoms with Crippen LogP contribution < -0.4 is 5.32 Å². The van der Waals surface area contributed by atoms with E-state index in [-0.39, 0.29) is 11.2 Å². The summed E-state index contributed by atoms with van der Waals surface area (Å²) in [5.74, 6) is 1.39. The zero-order valence-electron chi connectivity index (χ0n) is 9.30. The first kappa shape index (κ1) is 13.4. The number of hydrogen-bond acceptors (Lipinski definition) is 2. The molecule has 0 spiro atoms. The van der Waals surface area contributed by atoms with Gasteiger partial charge in [0.25, 0.3) is 0 Å². The first-order chi connectivity index (χ1) is 7.24. The van der Waals surface area contributed by atoms with Crippen molar-refractivity contribution in [2.24, 2.45) is 0 Å². The quantitative estimate of drug-likeness (QED) is 0.790. The second-order valence-electron chi connectivity index (χ2n) is 3.94. The molecule has 1 aliphatic rings. The highest BCUT2D eigenvalue weighted by Crippen LogP contribution is 2.24. The van der Waals surface area contributed by atoms with Crippen molar-refractivity contribution in [1.82, 2.24) is 5.32 Å². The monoisotopic (exact) mass is 293 g/mol. The Balaban J connectivity index is 2.12. The summed E-state index contributed by atoms with van der Waals surface area (Å²) < 4.78 is 0.